The van der Waals surface area contributed by atoms with Gasteiger partial charge in [-0.05, 0) is 13.8 Å². The quantitative estimate of drug-likeness (QED) is 0.508. The predicted molar refractivity (Wildman–Crippen MR) is 33.1 cm³/mol. The molecule has 1 unspecified atom stereocenters. The van der Waals surface area contributed by atoms with Gasteiger partial charge in [-0.1, -0.05) is 0 Å². The summed E-state index contributed by atoms with van der Waals surface area (Å²) in [5.74, 6) is 0.0278. The maximum atomic E-state index is 9.85. The van der Waals surface area contributed by atoms with Crippen molar-refractivity contribution in [1.82, 2.24) is 5.32 Å². The molecule has 0 aliphatic heterocycles. The smallest absolute Gasteiger partial charge is 0.153 e. The molecule has 0 spiro atoms. The minimum Gasteiger partial charge on any atom is -0.301 e. The first kappa shape index (κ1) is 7.91. The minimum atomic E-state index is -2.28. The summed E-state index contributed by atoms with van der Waals surface area (Å²) in [6, 6.07) is 0.00269. The van der Waals surface area contributed by atoms with Crippen LogP contribution in [0.25, 0.3) is 0 Å². The molecule has 0 saturated heterocycles. The van der Waals surface area contributed by atoms with Crippen LogP contribution in [0.2, 0.25) is 0 Å². The number of rotatable bonds is 3. The van der Waals surface area contributed by atoms with Crippen LogP contribution in [0, 0.1) is 6.92 Å². The SMILES string of the molecule is [CH2]C(C)NC[SH](=O)=O. The van der Waals surface area contributed by atoms with Crippen molar-refractivity contribution in [1.29, 1.82) is 0 Å². The second-order valence-electron chi connectivity index (χ2n) is 1.60. The van der Waals surface area contributed by atoms with Gasteiger partial charge in [0.2, 0.25) is 0 Å². The zero-order valence-corrected chi connectivity index (χ0v) is 5.65. The van der Waals surface area contributed by atoms with Gasteiger partial charge in [0, 0.05) is 6.04 Å². The van der Waals surface area contributed by atoms with Crippen molar-refractivity contribution in [2.45, 2.75) is 13.0 Å². The van der Waals surface area contributed by atoms with Crippen LogP contribution < -0.4 is 5.32 Å². The lowest BCUT2D eigenvalue weighted by molar-refractivity contribution is 0.599. The van der Waals surface area contributed by atoms with Gasteiger partial charge in [0.1, 0.15) is 0 Å². The normalized spacial score (nSPS) is 11.0. The van der Waals surface area contributed by atoms with E-state index < -0.39 is 10.7 Å². The molecule has 0 saturated carbocycles. The van der Waals surface area contributed by atoms with Gasteiger partial charge in [-0.2, -0.15) is 0 Å². The Bertz CT molecular complexity index is 111. The molecular formula is C4H10NO2S. The summed E-state index contributed by atoms with van der Waals surface area (Å²) in [4.78, 5) is 0. The summed E-state index contributed by atoms with van der Waals surface area (Å²) in [6.07, 6.45) is 0. The highest BCUT2D eigenvalue weighted by Gasteiger charge is 1.89. The monoisotopic (exact) mass is 136 g/mol. The third-order valence-corrected chi connectivity index (χ3v) is 1.01. The van der Waals surface area contributed by atoms with Crippen LogP contribution in [0.5, 0.6) is 0 Å². The van der Waals surface area contributed by atoms with Crippen molar-refractivity contribution in [3.63, 3.8) is 0 Å². The van der Waals surface area contributed by atoms with Crippen molar-refractivity contribution in [2.24, 2.45) is 0 Å². The molecule has 0 heterocycles. The lowest BCUT2D eigenvalue weighted by atomic mass is 10.4. The van der Waals surface area contributed by atoms with Crippen LogP contribution in [-0.4, -0.2) is 20.3 Å². The van der Waals surface area contributed by atoms with E-state index in [1.165, 1.54) is 0 Å². The molecule has 3 nitrogen and oxygen atoms in total. The van der Waals surface area contributed by atoms with Crippen molar-refractivity contribution in [2.75, 3.05) is 5.88 Å². The van der Waals surface area contributed by atoms with Crippen LogP contribution in [-0.2, 0) is 10.7 Å². The third kappa shape index (κ3) is 5.91. The Kier molecular flexibility index (Phi) is 3.81. The fourth-order valence-corrected chi connectivity index (χ4v) is 0.691. The summed E-state index contributed by atoms with van der Waals surface area (Å²) in [5.41, 5.74) is 0. The van der Waals surface area contributed by atoms with E-state index in [4.69, 9.17) is 0 Å². The van der Waals surface area contributed by atoms with Crippen LogP contribution in [0.1, 0.15) is 6.92 Å². The summed E-state index contributed by atoms with van der Waals surface area (Å²) in [7, 11) is -2.28. The van der Waals surface area contributed by atoms with Crippen LogP contribution in [0.15, 0.2) is 0 Å². The summed E-state index contributed by atoms with van der Waals surface area (Å²) >= 11 is 0. The highest BCUT2D eigenvalue weighted by Crippen LogP contribution is 1.71. The number of thiol groups is 1. The molecule has 1 N–H and O–H groups in total. The molecule has 0 aromatic carbocycles. The van der Waals surface area contributed by atoms with Gasteiger partial charge in [0.25, 0.3) is 0 Å². The van der Waals surface area contributed by atoms with E-state index in [9.17, 15) is 8.42 Å². The highest BCUT2D eigenvalue weighted by atomic mass is 32.2. The Hall–Kier alpha value is -0.0900. The molecule has 8 heavy (non-hydrogen) atoms. The number of hydrogen-bond donors (Lipinski definition) is 2. The molecule has 4 heteroatoms. The van der Waals surface area contributed by atoms with Gasteiger partial charge in [0.15, 0.2) is 10.7 Å². The Morgan fingerprint density at radius 3 is 2.38 bits per heavy atom. The molecule has 1 radical (unpaired) electrons. The molecule has 0 bridgehead atoms. The molecule has 0 rings (SSSR count). The lowest BCUT2D eigenvalue weighted by Crippen LogP contribution is -2.24. The van der Waals surface area contributed by atoms with Crippen molar-refractivity contribution in [3.05, 3.63) is 6.92 Å². The highest BCUT2D eigenvalue weighted by molar-refractivity contribution is 7.72. The standard InChI is InChI=1S/C4H10NO2S/c1-4(2)5-3-8(6)7/h4-5,8H,1,3H2,2H3. The molecule has 0 aliphatic rings. The van der Waals surface area contributed by atoms with Crippen LogP contribution >= 0.6 is 0 Å². The van der Waals surface area contributed by atoms with Crippen LogP contribution in [0.3, 0.4) is 0 Å². The zero-order valence-electron chi connectivity index (χ0n) is 4.76. The maximum absolute atomic E-state index is 9.85. The van der Waals surface area contributed by atoms with E-state index in [1.54, 1.807) is 6.92 Å². The van der Waals surface area contributed by atoms with Gasteiger partial charge in [0.05, 0.1) is 5.88 Å². The second kappa shape index (κ2) is 3.86. The largest absolute Gasteiger partial charge is 0.301 e. The molecular weight excluding hydrogens is 126 g/mol. The first-order valence-electron chi connectivity index (χ1n) is 2.31. The molecule has 0 aromatic rings. The summed E-state index contributed by atoms with van der Waals surface area (Å²) in [6.45, 7) is 5.32. The average molecular weight is 136 g/mol. The Labute approximate surface area is 51.0 Å². The Morgan fingerprint density at radius 2 is 2.25 bits per heavy atom. The van der Waals surface area contributed by atoms with E-state index in [1.807, 2.05) is 0 Å². The van der Waals surface area contributed by atoms with E-state index in [-0.39, 0.29) is 11.9 Å². The molecule has 0 fully saturated rings. The fraction of sp³-hybridized carbons (Fsp3) is 0.750. The average Bonchev–Trinajstić information content (AvgIpc) is 1.61. The van der Waals surface area contributed by atoms with Crippen molar-refractivity contribution >= 4 is 10.7 Å². The Balaban J connectivity index is 3.18. The fourth-order valence-electron chi connectivity index (χ4n) is 0.230. The van der Waals surface area contributed by atoms with E-state index in [0.29, 0.717) is 0 Å². The predicted octanol–water partition coefficient (Wildman–Crippen LogP) is -0.633. The van der Waals surface area contributed by atoms with E-state index >= 15 is 0 Å². The van der Waals surface area contributed by atoms with Crippen LogP contribution in [0.4, 0.5) is 0 Å². The molecule has 1 atom stereocenters. The van der Waals surface area contributed by atoms with Gasteiger partial charge >= 0.3 is 0 Å². The molecule has 49 valence electrons. The Morgan fingerprint density at radius 1 is 1.75 bits per heavy atom. The van der Waals surface area contributed by atoms with E-state index in [2.05, 4.69) is 12.2 Å². The molecule has 0 amide bonds. The third-order valence-electron chi connectivity index (χ3n) is 0.569. The van der Waals surface area contributed by atoms with Crippen molar-refractivity contribution < 1.29 is 8.42 Å². The lowest BCUT2D eigenvalue weighted by Gasteiger charge is -2.00. The van der Waals surface area contributed by atoms with Gasteiger partial charge in [-0.15, -0.1) is 0 Å². The van der Waals surface area contributed by atoms with Gasteiger partial charge in [-0.3, -0.25) is 0 Å². The number of hydrogen-bond acceptors (Lipinski definition) is 3. The number of nitrogens with one attached hydrogen (secondary N) is 1. The maximum Gasteiger partial charge on any atom is 0.153 e. The molecule has 0 aromatic heterocycles. The summed E-state index contributed by atoms with van der Waals surface area (Å²) in [5, 5.41) is 2.64. The summed E-state index contributed by atoms with van der Waals surface area (Å²) < 4.78 is 19.7. The zero-order chi connectivity index (χ0) is 6.57. The van der Waals surface area contributed by atoms with Gasteiger partial charge < -0.3 is 5.32 Å². The minimum absolute atomic E-state index is 0.00269. The first-order chi connectivity index (χ1) is 3.63. The second-order valence-corrected chi connectivity index (χ2v) is 2.58. The molecule has 0 aliphatic carbocycles. The first-order valence-corrected chi connectivity index (χ1v) is 3.67. The van der Waals surface area contributed by atoms with Crippen molar-refractivity contribution in [3.8, 4) is 0 Å². The van der Waals surface area contributed by atoms with Gasteiger partial charge in [-0.25, -0.2) is 8.42 Å². The topological polar surface area (TPSA) is 46.2 Å². The van der Waals surface area contributed by atoms with E-state index in [0.717, 1.165) is 0 Å².